The van der Waals surface area contributed by atoms with Crippen LogP contribution in [0.25, 0.3) is 0 Å². The fourth-order valence-corrected chi connectivity index (χ4v) is 1.77. The number of methoxy groups -OCH3 is 1. The number of hydrazone groups is 1. The van der Waals surface area contributed by atoms with Crippen molar-refractivity contribution in [3.63, 3.8) is 0 Å². The molecule has 2 aromatic rings. The minimum absolute atomic E-state index is 0.134. The number of rotatable bonds is 4. The van der Waals surface area contributed by atoms with Crippen LogP contribution in [0.5, 0.6) is 11.5 Å². The molecule has 0 unspecified atom stereocenters. The molecule has 0 spiro atoms. The zero-order valence-electron chi connectivity index (χ0n) is 11.1. The van der Waals surface area contributed by atoms with Gasteiger partial charge in [0.1, 0.15) is 0 Å². The van der Waals surface area contributed by atoms with Gasteiger partial charge in [0.2, 0.25) is 0 Å². The van der Waals surface area contributed by atoms with Crippen LogP contribution in [0.4, 0.5) is 0 Å². The van der Waals surface area contributed by atoms with E-state index in [0.29, 0.717) is 11.1 Å². The second-order valence-electron chi connectivity index (χ2n) is 3.99. The van der Waals surface area contributed by atoms with Crippen LogP contribution in [0, 0.1) is 0 Å². The molecule has 0 aliphatic rings. The molecule has 0 aliphatic carbocycles. The van der Waals surface area contributed by atoms with Gasteiger partial charge in [-0.15, -0.1) is 0 Å². The van der Waals surface area contributed by atoms with Gasteiger partial charge in [-0.25, -0.2) is 5.43 Å². The number of carbonyl (C=O) groups excluding carboxylic acids is 1. The summed E-state index contributed by atoms with van der Waals surface area (Å²) < 4.78 is 4.97. The molecule has 6 nitrogen and oxygen atoms in total. The van der Waals surface area contributed by atoms with Crippen LogP contribution < -0.4 is 10.2 Å². The second-order valence-corrected chi connectivity index (χ2v) is 4.40. The molecule has 0 bridgehead atoms. The highest BCUT2D eigenvalue weighted by molar-refractivity contribution is 6.32. The molecule has 1 aromatic heterocycles. The van der Waals surface area contributed by atoms with Crippen molar-refractivity contribution >= 4 is 23.7 Å². The molecule has 108 valence electrons. The molecule has 1 heterocycles. The topological polar surface area (TPSA) is 83.8 Å². The average molecular weight is 306 g/mol. The smallest absolute Gasteiger partial charge is 0.272 e. The molecule has 1 aromatic carbocycles. The summed E-state index contributed by atoms with van der Waals surface area (Å²) in [7, 11) is 1.41. The Morgan fingerprint density at radius 1 is 1.52 bits per heavy atom. The van der Waals surface area contributed by atoms with E-state index in [9.17, 15) is 9.90 Å². The minimum atomic E-state index is -0.379. The number of hydrogen-bond donors (Lipinski definition) is 2. The Morgan fingerprint density at radius 3 is 3.00 bits per heavy atom. The summed E-state index contributed by atoms with van der Waals surface area (Å²) in [5, 5.41) is 13.6. The van der Waals surface area contributed by atoms with E-state index >= 15 is 0 Å². The van der Waals surface area contributed by atoms with Crippen molar-refractivity contribution in [1.29, 1.82) is 0 Å². The van der Waals surface area contributed by atoms with Crippen molar-refractivity contribution in [1.82, 2.24) is 10.4 Å². The fourth-order valence-electron chi connectivity index (χ4n) is 1.55. The van der Waals surface area contributed by atoms with Crippen LogP contribution in [-0.4, -0.2) is 29.3 Å². The highest BCUT2D eigenvalue weighted by atomic mass is 35.5. The molecule has 0 fully saturated rings. The Balaban J connectivity index is 2.08. The zero-order chi connectivity index (χ0) is 15.2. The predicted octanol–water partition coefficient (Wildman–Crippen LogP) is 2.21. The third-order valence-electron chi connectivity index (χ3n) is 2.57. The van der Waals surface area contributed by atoms with E-state index in [4.69, 9.17) is 16.3 Å². The Morgan fingerprint density at radius 2 is 2.33 bits per heavy atom. The standard InChI is InChI=1S/C14H12ClN3O3/c1-21-12-6-9(5-11(15)13(12)19)7-17-18-14(20)10-3-2-4-16-8-10/h2-8,19H,1H3,(H,18,20)/b17-7+. The number of phenolic OH excluding ortho intramolecular Hbond substituents is 1. The fraction of sp³-hybridized carbons (Fsp3) is 0.0714. The maximum absolute atomic E-state index is 11.7. The predicted molar refractivity (Wildman–Crippen MR) is 79.0 cm³/mol. The van der Waals surface area contributed by atoms with E-state index in [1.54, 1.807) is 24.4 Å². The molecule has 0 radical (unpaired) electrons. The molecule has 2 N–H and O–H groups in total. The number of phenols is 1. The number of halogens is 1. The Kier molecular flexibility index (Phi) is 4.73. The Bertz CT molecular complexity index is 675. The van der Waals surface area contributed by atoms with Gasteiger partial charge in [0, 0.05) is 12.4 Å². The van der Waals surface area contributed by atoms with Gasteiger partial charge >= 0.3 is 0 Å². The van der Waals surface area contributed by atoms with Crippen molar-refractivity contribution in [2.24, 2.45) is 5.10 Å². The summed E-state index contributed by atoms with van der Waals surface area (Å²) in [6.45, 7) is 0. The number of carbonyl (C=O) groups is 1. The number of nitrogens with one attached hydrogen (secondary N) is 1. The third-order valence-corrected chi connectivity index (χ3v) is 2.86. The number of nitrogens with zero attached hydrogens (tertiary/aromatic N) is 2. The lowest BCUT2D eigenvalue weighted by Gasteiger charge is -2.06. The average Bonchev–Trinajstić information content (AvgIpc) is 2.51. The largest absolute Gasteiger partial charge is 0.503 e. The molecule has 7 heteroatoms. The van der Waals surface area contributed by atoms with Crippen LogP contribution in [0.3, 0.4) is 0 Å². The van der Waals surface area contributed by atoms with Gasteiger partial charge in [0.15, 0.2) is 11.5 Å². The van der Waals surface area contributed by atoms with Crippen molar-refractivity contribution in [3.05, 3.63) is 52.8 Å². The first kappa shape index (κ1) is 14.8. The van der Waals surface area contributed by atoms with Gasteiger partial charge in [-0.1, -0.05) is 11.6 Å². The highest BCUT2D eigenvalue weighted by Gasteiger charge is 2.08. The van der Waals surface area contributed by atoms with E-state index < -0.39 is 0 Å². The van der Waals surface area contributed by atoms with Gasteiger partial charge in [-0.3, -0.25) is 9.78 Å². The maximum Gasteiger partial charge on any atom is 0.272 e. The molecular formula is C14H12ClN3O3. The van der Waals surface area contributed by atoms with Gasteiger partial charge in [0.25, 0.3) is 5.91 Å². The summed E-state index contributed by atoms with van der Waals surface area (Å²) in [5.74, 6) is -0.297. The number of ether oxygens (including phenoxy) is 1. The second kappa shape index (κ2) is 6.71. The summed E-state index contributed by atoms with van der Waals surface area (Å²) in [5.41, 5.74) is 3.33. The maximum atomic E-state index is 11.7. The lowest BCUT2D eigenvalue weighted by Crippen LogP contribution is -2.17. The quantitative estimate of drug-likeness (QED) is 0.670. The first-order valence-corrected chi connectivity index (χ1v) is 6.29. The molecule has 0 atom stereocenters. The number of hydrogen-bond acceptors (Lipinski definition) is 5. The molecule has 2 rings (SSSR count). The Hall–Kier alpha value is -2.60. The number of benzene rings is 1. The molecule has 0 saturated carbocycles. The number of aromatic nitrogens is 1. The van der Waals surface area contributed by atoms with Gasteiger partial charge in [-0.05, 0) is 29.8 Å². The highest BCUT2D eigenvalue weighted by Crippen LogP contribution is 2.34. The van der Waals surface area contributed by atoms with Crippen molar-refractivity contribution < 1.29 is 14.6 Å². The van der Waals surface area contributed by atoms with Gasteiger partial charge in [-0.2, -0.15) is 5.10 Å². The minimum Gasteiger partial charge on any atom is -0.503 e. The van der Waals surface area contributed by atoms with Crippen molar-refractivity contribution in [2.45, 2.75) is 0 Å². The van der Waals surface area contributed by atoms with Gasteiger partial charge in [0.05, 0.1) is 23.9 Å². The van der Waals surface area contributed by atoms with Crippen LogP contribution in [0.15, 0.2) is 41.8 Å². The third kappa shape index (κ3) is 3.70. The van der Waals surface area contributed by atoms with Crippen LogP contribution in [0.1, 0.15) is 15.9 Å². The van der Waals surface area contributed by atoms with Crippen molar-refractivity contribution in [3.8, 4) is 11.5 Å². The zero-order valence-corrected chi connectivity index (χ0v) is 11.8. The van der Waals surface area contributed by atoms with E-state index in [-0.39, 0.29) is 22.4 Å². The normalized spacial score (nSPS) is 10.6. The number of pyridine rings is 1. The Labute approximate surface area is 126 Å². The summed E-state index contributed by atoms with van der Waals surface area (Å²) in [4.78, 5) is 15.6. The van der Waals surface area contributed by atoms with E-state index in [0.717, 1.165) is 0 Å². The molecule has 1 amide bonds. The SMILES string of the molecule is COc1cc(/C=N/NC(=O)c2cccnc2)cc(Cl)c1O. The first-order valence-electron chi connectivity index (χ1n) is 5.91. The summed E-state index contributed by atoms with van der Waals surface area (Å²) >= 11 is 5.85. The van der Waals surface area contributed by atoms with E-state index in [1.165, 1.54) is 25.6 Å². The summed E-state index contributed by atoms with van der Waals surface area (Å²) in [6.07, 6.45) is 4.40. The van der Waals surface area contributed by atoms with Crippen LogP contribution >= 0.6 is 11.6 Å². The molecule has 21 heavy (non-hydrogen) atoms. The molecule has 0 aliphatic heterocycles. The monoisotopic (exact) mass is 305 g/mol. The lowest BCUT2D eigenvalue weighted by atomic mass is 10.2. The number of aromatic hydroxyl groups is 1. The molecular weight excluding hydrogens is 294 g/mol. The van der Waals surface area contributed by atoms with E-state index in [2.05, 4.69) is 15.5 Å². The molecule has 0 saturated heterocycles. The van der Waals surface area contributed by atoms with Crippen LogP contribution in [0.2, 0.25) is 5.02 Å². The first-order chi connectivity index (χ1) is 10.1. The lowest BCUT2D eigenvalue weighted by molar-refractivity contribution is 0.0955. The van der Waals surface area contributed by atoms with Crippen molar-refractivity contribution in [2.75, 3.05) is 7.11 Å². The van der Waals surface area contributed by atoms with Crippen LogP contribution in [-0.2, 0) is 0 Å². The van der Waals surface area contributed by atoms with Gasteiger partial charge < -0.3 is 9.84 Å². The van der Waals surface area contributed by atoms with E-state index in [1.807, 2.05) is 0 Å². The summed E-state index contributed by atoms with van der Waals surface area (Å²) in [6, 6.07) is 6.32. The number of amides is 1.